The minimum atomic E-state index is -3.05. The molecule has 2 aliphatic rings. The number of nitriles is 1. The average Bonchev–Trinajstić information content (AvgIpc) is 2.44. The predicted molar refractivity (Wildman–Crippen MR) is 81.5 cm³/mol. The molecule has 21 heavy (non-hydrogen) atoms. The summed E-state index contributed by atoms with van der Waals surface area (Å²) >= 11 is 0. The van der Waals surface area contributed by atoms with E-state index in [1.54, 1.807) is 4.31 Å². The maximum absolute atomic E-state index is 11.5. The molecule has 0 bridgehead atoms. The predicted octanol–water partition coefficient (Wildman–Crippen LogP) is 1.42. The van der Waals surface area contributed by atoms with Crippen LogP contribution in [0.5, 0.6) is 0 Å². The molecule has 0 aliphatic carbocycles. The molecule has 0 N–H and O–H groups in total. The van der Waals surface area contributed by atoms with E-state index in [1.165, 1.54) is 6.26 Å². The third kappa shape index (κ3) is 2.76. The molecule has 0 atom stereocenters. The van der Waals surface area contributed by atoms with Crippen LogP contribution < -0.4 is 4.90 Å². The van der Waals surface area contributed by atoms with Crippen LogP contribution in [0.1, 0.15) is 18.4 Å². The Labute approximate surface area is 125 Å². The summed E-state index contributed by atoms with van der Waals surface area (Å²) in [6, 6.07) is 9.82. The van der Waals surface area contributed by atoms with E-state index < -0.39 is 10.0 Å². The van der Waals surface area contributed by atoms with Crippen LogP contribution in [-0.4, -0.2) is 45.2 Å². The van der Waals surface area contributed by atoms with Gasteiger partial charge in [-0.2, -0.15) is 5.26 Å². The van der Waals surface area contributed by atoms with Crippen LogP contribution >= 0.6 is 0 Å². The molecular formula is C15H19N3O2S. The summed E-state index contributed by atoms with van der Waals surface area (Å²) in [5.74, 6) is 0. The van der Waals surface area contributed by atoms with Gasteiger partial charge in [-0.25, -0.2) is 12.7 Å². The Hall–Kier alpha value is -1.58. The fourth-order valence-electron chi connectivity index (χ4n) is 3.33. The molecule has 0 amide bonds. The van der Waals surface area contributed by atoms with Gasteiger partial charge in [-0.3, -0.25) is 0 Å². The molecule has 2 heterocycles. The average molecular weight is 305 g/mol. The Bertz CT molecular complexity index is 677. The number of nitrogens with zero attached hydrogens (tertiary/aromatic N) is 3. The van der Waals surface area contributed by atoms with Gasteiger partial charge >= 0.3 is 0 Å². The zero-order valence-electron chi connectivity index (χ0n) is 12.1. The zero-order valence-corrected chi connectivity index (χ0v) is 12.9. The molecule has 0 unspecified atom stereocenters. The van der Waals surface area contributed by atoms with Crippen molar-refractivity contribution >= 4 is 15.7 Å². The molecule has 0 radical (unpaired) electrons. The Morgan fingerprint density at radius 2 is 1.90 bits per heavy atom. The lowest BCUT2D eigenvalue weighted by molar-refractivity contribution is 0.115. The maximum Gasteiger partial charge on any atom is 0.211 e. The summed E-state index contributed by atoms with van der Waals surface area (Å²) in [5.41, 5.74) is 2.02. The number of hydrogen-bond acceptors (Lipinski definition) is 4. The van der Waals surface area contributed by atoms with Crippen molar-refractivity contribution in [2.75, 3.05) is 37.3 Å². The van der Waals surface area contributed by atoms with Crippen molar-refractivity contribution in [3.8, 4) is 6.07 Å². The van der Waals surface area contributed by atoms with Crippen LogP contribution in [0, 0.1) is 16.7 Å². The second kappa shape index (κ2) is 5.00. The number of hydrogen-bond donors (Lipinski definition) is 0. The second-order valence-electron chi connectivity index (χ2n) is 6.18. The third-order valence-corrected chi connectivity index (χ3v) is 5.95. The van der Waals surface area contributed by atoms with E-state index in [1.807, 2.05) is 24.3 Å². The molecule has 1 aromatic rings. The van der Waals surface area contributed by atoms with Crippen molar-refractivity contribution in [1.82, 2.24) is 4.31 Å². The first-order valence-electron chi connectivity index (χ1n) is 7.12. The molecule has 0 saturated carbocycles. The van der Waals surface area contributed by atoms with Gasteiger partial charge < -0.3 is 4.90 Å². The molecule has 6 heteroatoms. The van der Waals surface area contributed by atoms with E-state index in [-0.39, 0.29) is 5.41 Å². The number of anilines is 1. The van der Waals surface area contributed by atoms with Gasteiger partial charge in [0.2, 0.25) is 10.0 Å². The normalized spacial score (nSPS) is 21.8. The summed E-state index contributed by atoms with van der Waals surface area (Å²) in [4.78, 5) is 2.27. The minimum absolute atomic E-state index is 0.254. The first kappa shape index (κ1) is 14.4. The number of benzene rings is 1. The standard InChI is InChI=1S/C15H19N3O2S/c1-21(19,20)18-7-5-15(6-8-18)11-17(12-15)14-4-2-3-13(9-14)10-16/h2-4,9H,5-8,11-12H2,1H3. The highest BCUT2D eigenvalue weighted by Gasteiger charge is 2.45. The van der Waals surface area contributed by atoms with Crippen LogP contribution in [0.15, 0.2) is 24.3 Å². The molecular weight excluding hydrogens is 286 g/mol. The molecule has 3 rings (SSSR count). The molecule has 2 saturated heterocycles. The highest BCUT2D eigenvalue weighted by Crippen LogP contribution is 2.42. The molecule has 1 spiro atoms. The van der Waals surface area contributed by atoms with Gasteiger partial charge in [0.1, 0.15) is 0 Å². The van der Waals surface area contributed by atoms with Crippen LogP contribution in [0.2, 0.25) is 0 Å². The highest BCUT2D eigenvalue weighted by molar-refractivity contribution is 7.88. The summed E-state index contributed by atoms with van der Waals surface area (Å²) in [6.45, 7) is 3.18. The van der Waals surface area contributed by atoms with Crippen LogP contribution in [-0.2, 0) is 10.0 Å². The monoisotopic (exact) mass is 305 g/mol. The Balaban J connectivity index is 1.62. The first-order valence-corrected chi connectivity index (χ1v) is 8.97. The second-order valence-corrected chi connectivity index (χ2v) is 8.16. The summed E-state index contributed by atoms with van der Waals surface area (Å²) in [6.07, 6.45) is 3.13. The van der Waals surface area contributed by atoms with Crippen molar-refractivity contribution in [3.63, 3.8) is 0 Å². The van der Waals surface area contributed by atoms with Gasteiger partial charge in [0, 0.05) is 37.3 Å². The van der Waals surface area contributed by atoms with E-state index in [0.717, 1.165) is 31.6 Å². The lowest BCUT2D eigenvalue weighted by Crippen LogP contribution is -2.60. The molecule has 0 aromatic heterocycles. The van der Waals surface area contributed by atoms with Crippen molar-refractivity contribution in [3.05, 3.63) is 29.8 Å². The lowest BCUT2D eigenvalue weighted by Gasteiger charge is -2.54. The lowest BCUT2D eigenvalue weighted by atomic mass is 9.72. The topological polar surface area (TPSA) is 64.4 Å². The van der Waals surface area contributed by atoms with E-state index in [4.69, 9.17) is 5.26 Å². The summed E-state index contributed by atoms with van der Waals surface area (Å²) in [5, 5.41) is 8.95. The summed E-state index contributed by atoms with van der Waals surface area (Å²) in [7, 11) is -3.05. The third-order valence-electron chi connectivity index (χ3n) is 4.65. The van der Waals surface area contributed by atoms with Crippen molar-refractivity contribution in [1.29, 1.82) is 5.26 Å². The van der Waals surface area contributed by atoms with E-state index in [2.05, 4.69) is 11.0 Å². The van der Waals surface area contributed by atoms with Gasteiger partial charge in [-0.15, -0.1) is 0 Å². The van der Waals surface area contributed by atoms with Gasteiger partial charge in [-0.05, 0) is 31.0 Å². The van der Waals surface area contributed by atoms with Crippen LogP contribution in [0.25, 0.3) is 0 Å². The number of piperidine rings is 1. The smallest absolute Gasteiger partial charge is 0.211 e. The fraction of sp³-hybridized carbons (Fsp3) is 0.533. The SMILES string of the molecule is CS(=O)(=O)N1CCC2(CC1)CN(c1cccc(C#N)c1)C2. The van der Waals surface area contributed by atoms with E-state index >= 15 is 0 Å². The largest absolute Gasteiger partial charge is 0.370 e. The van der Waals surface area contributed by atoms with Crippen molar-refractivity contribution in [2.45, 2.75) is 12.8 Å². The van der Waals surface area contributed by atoms with Crippen LogP contribution in [0.4, 0.5) is 5.69 Å². The minimum Gasteiger partial charge on any atom is -0.370 e. The van der Waals surface area contributed by atoms with E-state index in [0.29, 0.717) is 18.7 Å². The number of rotatable bonds is 2. The van der Waals surface area contributed by atoms with Gasteiger partial charge in [-0.1, -0.05) is 6.07 Å². The Morgan fingerprint density at radius 1 is 1.24 bits per heavy atom. The number of sulfonamides is 1. The fourth-order valence-corrected chi connectivity index (χ4v) is 4.17. The molecule has 112 valence electrons. The van der Waals surface area contributed by atoms with Gasteiger partial charge in [0.25, 0.3) is 0 Å². The van der Waals surface area contributed by atoms with E-state index in [9.17, 15) is 8.42 Å². The van der Waals surface area contributed by atoms with Crippen molar-refractivity contribution in [2.24, 2.45) is 5.41 Å². The van der Waals surface area contributed by atoms with Gasteiger partial charge in [0.15, 0.2) is 0 Å². The molecule has 5 nitrogen and oxygen atoms in total. The Morgan fingerprint density at radius 3 is 2.48 bits per heavy atom. The molecule has 1 aromatic carbocycles. The summed E-state index contributed by atoms with van der Waals surface area (Å²) < 4.78 is 24.7. The molecule has 2 aliphatic heterocycles. The Kier molecular flexibility index (Phi) is 3.42. The van der Waals surface area contributed by atoms with Crippen molar-refractivity contribution < 1.29 is 8.42 Å². The zero-order chi connectivity index (χ0) is 15.1. The maximum atomic E-state index is 11.5. The van der Waals surface area contributed by atoms with Gasteiger partial charge in [0.05, 0.1) is 17.9 Å². The highest BCUT2D eigenvalue weighted by atomic mass is 32.2. The quantitative estimate of drug-likeness (QED) is 0.829. The first-order chi connectivity index (χ1) is 9.92. The molecule has 2 fully saturated rings. The van der Waals surface area contributed by atoms with Crippen LogP contribution in [0.3, 0.4) is 0 Å².